The molecule has 1 aliphatic heterocycles. The van der Waals surface area contributed by atoms with Crippen LogP contribution in [0.3, 0.4) is 0 Å². The summed E-state index contributed by atoms with van der Waals surface area (Å²) in [5.41, 5.74) is 0.810. The third kappa shape index (κ3) is 4.02. The zero-order chi connectivity index (χ0) is 15.4. The number of halogens is 1. The highest BCUT2D eigenvalue weighted by atomic mass is 19.1. The second-order valence-corrected chi connectivity index (χ2v) is 5.66. The first kappa shape index (κ1) is 15.9. The van der Waals surface area contributed by atoms with E-state index in [1.165, 1.54) is 19.2 Å². The number of ether oxygens (including phenoxy) is 1. The Morgan fingerprint density at radius 1 is 1.48 bits per heavy atom. The SMILES string of the molecule is COC(=O)c1ccc(CN2CCC(C(C)O)CC2)cc1F. The van der Waals surface area contributed by atoms with E-state index < -0.39 is 11.8 Å². The van der Waals surface area contributed by atoms with Crippen LogP contribution in [0.1, 0.15) is 35.7 Å². The van der Waals surface area contributed by atoms with Crippen molar-refractivity contribution in [3.63, 3.8) is 0 Å². The largest absolute Gasteiger partial charge is 0.465 e. The molecule has 4 nitrogen and oxygen atoms in total. The molecule has 2 rings (SSSR count). The minimum absolute atomic E-state index is 0.0333. The van der Waals surface area contributed by atoms with Crippen LogP contribution in [0.4, 0.5) is 4.39 Å². The van der Waals surface area contributed by atoms with Gasteiger partial charge in [0.05, 0.1) is 18.8 Å². The van der Waals surface area contributed by atoms with E-state index in [1.807, 2.05) is 6.92 Å². The van der Waals surface area contributed by atoms with E-state index in [0.29, 0.717) is 12.5 Å². The Kier molecular flexibility index (Phi) is 5.31. The molecule has 1 saturated heterocycles. The van der Waals surface area contributed by atoms with Crippen LogP contribution in [0.25, 0.3) is 0 Å². The Hall–Kier alpha value is -1.46. The third-order valence-corrected chi connectivity index (χ3v) is 4.16. The van der Waals surface area contributed by atoms with Gasteiger partial charge in [0.25, 0.3) is 0 Å². The fraction of sp³-hybridized carbons (Fsp3) is 0.562. The smallest absolute Gasteiger partial charge is 0.340 e. The highest BCUT2D eigenvalue weighted by molar-refractivity contribution is 5.89. The molecule has 1 aliphatic rings. The first-order chi connectivity index (χ1) is 10.0. The number of rotatable bonds is 4. The minimum Gasteiger partial charge on any atom is -0.465 e. The molecule has 0 saturated carbocycles. The van der Waals surface area contributed by atoms with Crippen molar-refractivity contribution in [2.75, 3.05) is 20.2 Å². The summed E-state index contributed by atoms with van der Waals surface area (Å²) in [6, 6.07) is 4.63. The van der Waals surface area contributed by atoms with E-state index in [9.17, 15) is 14.3 Å². The number of hydrogen-bond donors (Lipinski definition) is 1. The van der Waals surface area contributed by atoms with Gasteiger partial charge in [0, 0.05) is 6.54 Å². The molecule has 21 heavy (non-hydrogen) atoms. The van der Waals surface area contributed by atoms with Crippen molar-refractivity contribution in [1.29, 1.82) is 0 Å². The molecule has 5 heteroatoms. The summed E-state index contributed by atoms with van der Waals surface area (Å²) in [6.45, 7) is 4.29. The molecular formula is C16H22FNO3. The van der Waals surface area contributed by atoms with Crippen LogP contribution in [-0.4, -0.2) is 42.3 Å². The fourth-order valence-corrected chi connectivity index (χ4v) is 2.78. The maximum atomic E-state index is 13.9. The maximum Gasteiger partial charge on any atom is 0.340 e. The van der Waals surface area contributed by atoms with Gasteiger partial charge in [-0.25, -0.2) is 9.18 Å². The molecule has 116 valence electrons. The molecule has 1 heterocycles. The average Bonchev–Trinajstić information content (AvgIpc) is 2.47. The van der Waals surface area contributed by atoms with Gasteiger partial charge < -0.3 is 9.84 Å². The summed E-state index contributed by atoms with van der Waals surface area (Å²) in [7, 11) is 1.24. The van der Waals surface area contributed by atoms with E-state index in [2.05, 4.69) is 9.64 Å². The fourth-order valence-electron chi connectivity index (χ4n) is 2.78. The summed E-state index contributed by atoms with van der Waals surface area (Å²) in [4.78, 5) is 13.6. The third-order valence-electron chi connectivity index (χ3n) is 4.16. The van der Waals surface area contributed by atoms with Crippen LogP contribution < -0.4 is 0 Å². The summed E-state index contributed by atoms with van der Waals surface area (Å²) >= 11 is 0. The topological polar surface area (TPSA) is 49.8 Å². The molecular weight excluding hydrogens is 273 g/mol. The summed E-state index contributed by atoms with van der Waals surface area (Å²) in [6.07, 6.45) is 1.66. The molecule has 1 atom stereocenters. The molecule has 0 aliphatic carbocycles. The Morgan fingerprint density at radius 3 is 2.67 bits per heavy atom. The standard InChI is InChI=1S/C16H22FNO3/c1-11(19)13-5-7-18(8-6-13)10-12-3-4-14(15(17)9-12)16(20)21-2/h3-4,9,11,13,19H,5-8,10H2,1-2H3. The van der Waals surface area contributed by atoms with Gasteiger partial charge in [-0.15, -0.1) is 0 Å². The molecule has 1 aromatic carbocycles. The molecule has 0 spiro atoms. The minimum atomic E-state index is -0.656. The van der Waals surface area contributed by atoms with Crippen molar-refractivity contribution in [2.24, 2.45) is 5.92 Å². The highest BCUT2D eigenvalue weighted by Gasteiger charge is 2.22. The monoisotopic (exact) mass is 295 g/mol. The number of hydrogen-bond acceptors (Lipinski definition) is 4. The summed E-state index contributed by atoms with van der Waals surface area (Å²) < 4.78 is 18.4. The number of carbonyl (C=O) groups is 1. The van der Waals surface area contributed by atoms with E-state index in [1.54, 1.807) is 6.07 Å². The molecule has 1 fully saturated rings. The van der Waals surface area contributed by atoms with Crippen molar-refractivity contribution in [3.8, 4) is 0 Å². The first-order valence-electron chi connectivity index (χ1n) is 7.28. The van der Waals surface area contributed by atoms with E-state index in [0.717, 1.165) is 31.5 Å². The number of nitrogens with zero attached hydrogens (tertiary/aromatic N) is 1. The van der Waals surface area contributed by atoms with Crippen molar-refractivity contribution in [3.05, 3.63) is 35.1 Å². The van der Waals surface area contributed by atoms with Gasteiger partial charge in [0.15, 0.2) is 0 Å². The van der Waals surface area contributed by atoms with Crippen LogP contribution in [0.2, 0.25) is 0 Å². The lowest BCUT2D eigenvalue weighted by molar-refractivity contribution is 0.0595. The Bertz CT molecular complexity index is 496. The number of benzene rings is 1. The van der Waals surface area contributed by atoms with E-state index in [4.69, 9.17) is 0 Å². The van der Waals surface area contributed by atoms with Gasteiger partial charge >= 0.3 is 5.97 Å². The Morgan fingerprint density at radius 2 is 2.14 bits per heavy atom. The molecule has 0 aromatic heterocycles. The Balaban J connectivity index is 1.95. The molecule has 0 bridgehead atoms. The van der Waals surface area contributed by atoms with Gasteiger partial charge in [-0.05, 0) is 56.5 Å². The zero-order valence-electron chi connectivity index (χ0n) is 12.5. The summed E-state index contributed by atoms with van der Waals surface area (Å²) in [5.74, 6) is -0.838. The van der Waals surface area contributed by atoms with Gasteiger partial charge in [0.2, 0.25) is 0 Å². The van der Waals surface area contributed by atoms with E-state index >= 15 is 0 Å². The van der Waals surface area contributed by atoms with Crippen LogP contribution in [0.5, 0.6) is 0 Å². The number of esters is 1. The van der Waals surface area contributed by atoms with Gasteiger partial charge in [0.1, 0.15) is 5.82 Å². The van der Waals surface area contributed by atoms with Gasteiger partial charge in [-0.1, -0.05) is 6.07 Å². The molecule has 1 aromatic rings. The number of piperidine rings is 1. The lowest BCUT2D eigenvalue weighted by Crippen LogP contribution is -2.36. The molecule has 1 N–H and O–H groups in total. The van der Waals surface area contributed by atoms with Crippen LogP contribution in [0.15, 0.2) is 18.2 Å². The quantitative estimate of drug-likeness (QED) is 0.865. The zero-order valence-corrected chi connectivity index (χ0v) is 12.5. The summed E-state index contributed by atoms with van der Waals surface area (Å²) in [5, 5.41) is 9.58. The molecule has 0 radical (unpaired) electrons. The highest BCUT2D eigenvalue weighted by Crippen LogP contribution is 2.22. The number of carbonyl (C=O) groups excluding carboxylic acids is 1. The van der Waals surface area contributed by atoms with Gasteiger partial charge in [-0.2, -0.15) is 0 Å². The van der Waals surface area contributed by atoms with Crippen molar-refractivity contribution >= 4 is 5.97 Å². The molecule has 0 amide bonds. The first-order valence-corrected chi connectivity index (χ1v) is 7.28. The predicted molar refractivity (Wildman–Crippen MR) is 77.4 cm³/mol. The lowest BCUT2D eigenvalue weighted by atomic mass is 9.92. The second kappa shape index (κ2) is 7.00. The van der Waals surface area contributed by atoms with Crippen LogP contribution >= 0.6 is 0 Å². The average molecular weight is 295 g/mol. The normalized spacial score (nSPS) is 18.5. The lowest BCUT2D eigenvalue weighted by Gasteiger charge is -2.33. The van der Waals surface area contributed by atoms with E-state index in [-0.39, 0.29) is 11.7 Å². The molecule has 1 unspecified atom stereocenters. The van der Waals surface area contributed by atoms with Crippen molar-refractivity contribution < 1.29 is 19.0 Å². The number of aliphatic hydroxyl groups is 1. The predicted octanol–water partition coefficient (Wildman–Crippen LogP) is 2.21. The van der Waals surface area contributed by atoms with Crippen LogP contribution in [-0.2, 0) is 11.3 Å². The van der Waals surface area contributed by atoms with Crippen molar-refractivity contribution in [1.82, 2.24) is 4.90 Å². The van der Waals surface area contributed by atoms with Crippen LogP contribution in [0, 0.1) is 11.7 Å². The second-order valence-electron chi connectivity index (χ2n) is 5.66. The number of methoxy groups -OCH3 is 1. The number of likely N-dealkylation sites (tertiary alicyclic amines) is 1. The number of aliphatic hydroxyl groups excluding tert-OH is 1. The Labute approximate surface area is 124 Å². The maximum absolute atomic E-state index is 13.9. The van der Waals surface area contributed by atoms with Gasteiger partial charge in [-0.3, -0.25) is 4.90 Å². The van der Waals surface area contributed by atoms with Crippen molar-refractivity contribution in [2.45, 2.75) is 32.4 Å².